The van der Waals surface area contributed by atoms with E-state index in [0.717, 1.165) is 0 Å². The highest BCUT2D eigenvalue weighted by Gasteiger charge is 2.26. The van der Waals surface area contributed by atoms with Crippen molar-refractivity contribution in [2.45, 2.75) is 38.2 Å². The van der Waals surface area contributed by atoms with Crippen molar-refractivity contribution in [1.82, 2.24) is 0 Å². The summed E-state index contributed by atoms with van der Waals surface area (Å²) in [6.07, 6.45) is 0. The third-order valence-corrected chi connectivity index (χ3v) is 5.59. The molecule has 0 saturated heterocycles. The summed E-state index contributed by atoms with van der Waals surface area (Å²) in [6, 6.07) is 6.92. The van der Waals surface area contributed by atoms with Crippen molar-refractivity contribution < 1.29 is 13.7 Å². The Hall–Kier alpha value is -1.16. The molecule has 0 heterocycles. The van der Waals surface area contributed by atoms with E-state index in [1.54, 1.807) is 38.3 Å². The van der Waals surface area contributed by atoms with Crippen LogP contribution >= 0.6 is 0 Å². The molecule has 3 atom stereocenters. The topological polar surface area (TPSA) is 43.4 Å². The number of methoxy groups -OCH3 is 1. The van der Waals surface area contributed by atoms with Crippen molar-refractivity contribution in [1.29, 1.82) is 0 Å². The van der Waals surface area contributed by atoms with E-state index in [0.29, 0.717) is 17.2 Å². The lowest BCUT2D eigenvalue weighted by Crippen LogP contribution is -2.31. The van der Waals surface area contributed by atoms with Gasteiger partial charge < -0.3 is 4.74 Å². The van der Waals surface area contributed by atoms with E-state index >= 15 is 0 Å². The van der Waals surface area contributed by atoms with Crippen molar-refractivity contribution >= 4 is 16.6 Å². The van der Waals surface area contributed by atoms with Crippen molar-refractivity contribution in [3.8, 4) is 5.75 Å². The highest BCUT2D eigenvalue weighted by atomic mass is 32.2. The van der Waals surface area contributed by atoms with Gasteiger partial charge in [0.2, 0.25) is 0 Å². The fraction of sp³-hybridized carbons (Fsp3) is 0.533. The van der Waals surface area contributed by atoms with Gasteiger partial charge in [-0.25, -0.2) is 0 Å². The quantitative estimate of drug-likeness (QED) is 0.753. The minimum absolute atomic E-state index is 0.0113. The van der Waals surface area contributed by atoms with Gasteiger partial charge in [0.25, 0.3) is 0 Å². The number of hydrogen-bond donors (Lipinski definition) is 0. The fourth-order valence-electron chi connectivity index (χ4n) is 1.69. The van der Waals surface area contributed by atoms with Gasteiger partial charge in [-0.15, -0.1) is 0 Å². The third kappa shape index (κ3) is 3.90. The molecule has 0 radical (unpaired) electrons. The molecule has 0 saturated carbocycles. The van der Waals surface area contributed by atoms with Gasteiger partial charge in [-0.3, -0.25) is 9.00 Å². The van der Waals surface area contributed by atoms with Gasteiger partial charge in [0.05, 0.1) is 12.4 Å². The van der Waals surface area contributed by atoms with Gasteiger partial charge in [0.1, 0.15) is 5.75 Å². The molecule has 4 heteroatoms. The van der Waals surface area contributed by atoms with Crippen molar-refractivity contribution in [3.63, 3.8) is 0 Å². The second kappa shape index (κ2) is 6.85. The molecule has 3 unspecified atom stereocenters. The molecule has 0 aliphatic carbocycles. The Morgan fingerprint density at radius 1 is 1.11 bits per heavy atom. The molecule has 1 aromatic carbocycles. The van der Waals surface area contributed by atoms with Crippen LogP contribution in [0.1, 0.15) is 38.1 Å². The lowest BCUT2D eigenvalue weighted by atomic mass is 10.1. The molecule has 19 heavy (non-hydrogen) atoms. The van der Waals surface area contributed by atoms with Crippen LogP contribution in [-0.4, -0.2) is 27.6 Å². The maximum absolute atomic E-state index is 12.3. The third-order valence-electron chi connectivity index (χ3n) is 3.40. The second-order valence-corrected chi connectivity index (χ2v) is 7.12. The monoisotopic (exact) mass is 282 g/mol. The highest BCUT2D eigenvalue weighted by Crippen LogP contribution is 2.18. The minimum Gasteiger partial charge on any atom is -0.497 e. The zero-order chi connectivity index (χ0) is 14.6. The Bertz CT molecular complexity index is 451. The van der Waals surface area contributed by atoms with Crippen LogP contribution in [0.15, 0.2) is 24.3 Å². The number of ketones is 1. The van der Waals surface area contributed by atoms with Crippen LogP contribution < -0.4 is 4.74 Å². The van der Waals surface area contributed by atoms with Crippen molar-refractivity contribution in [2.24, 2.45) is 5.92 Å². The largest absolute Gasteiger partial charge is 0.497 e. The molecule has 1 rings (SSSR count). The first-order valence-corrected chi connectivity index (χ1v) is 7.73. The molecule has 0 spiro atoms. The molecule has 0 bridgehead atoms. The molecule has 1 aromatic rings. The highest BCUT2D eigenvalue weighted by molar-refractivity contribution is 7.87. The maximum atomic E-state index is 12.3. The predicted octanol–water partition coefficient (Wildman–Crippen LogP) is 3.06. The number of carbonyl (C=O) groups excluding carboxylic acids is 1. The summed E-state index contributed by atoms with van der Waals surface area (Å²) in [5, 5.41) is -0.469. The van der Waals surface area contributed by atoms with E-state index in [1.807, 2.05) is 20.8 Å². The maximum Gasteiger partial charge on any atom is 0.178 e. The molecule has 0 aliphatic heterocycles. The second-order valence-electron chi connectivity index (χ2n) is 5.01. The Morgan fingerprint density at radius 2 is 1.63 bits per heavy atom. The van der Waals surface area contributed by atoms with E-state index < -0.39 is 16.0 Å². The zero-order valence-corrected chi connectivity index (χ0v) is 13.0. The van der Waals surface area contributed by atoms with Gasteiger partial charge in [0.15, 0.2) is 5.78 Å². The summed E-state index contributed by atoms with van der Waals surface area (Å²) >= 11 is 0. The molecular weight excluding hydrogens is 260 g/mol. The number of Topliss-reactive ketones (excluding diaryl/α,β-unsaturated/α-hetero) is 1. The van der Waals surface area contributed by atoms with Crippen LogP contribution in [0.5, 0.6) is 5.75 Å². The first-order chi connectivity index (χ1) is 8.88. The van der Waals surface area contributed by atoms with Gasteiger partial charge in [-0.05, 0) is 37.1 Å². The number of hydrogen-bond acceptors (Lipinski definition) is 3. The Morgan fingerprint density at radius 3 is 2.05 bits per heavy atom. The molecular formula is C15H22O3S. The van der Waals surface area contributed by atoms with E-state index in [1.165, 1.54) is 0 Å². The molecule has 0 aromatic heterocycles. The summed E-state index contributed by atoms with van der Waals surface area (Å²) in [4.78, 5) is 12.3. The SMILES string of the molecule is COc1ccc(C(=O)C(C)S(=O)C(C)C(C)C)cc1. The zero-order valence-electron chi connectivity index (χ0n) is 12.2. The van der Waals surface area contributed by atoms with Gasteiger partial charge in [-0.2, -0.15) is 0 Å². The predicted molar refractivity (Wildman–Crippen MR) is 79.2 cm³/mol. The van der Waals surface area contributed by atoms with Gasteiger partial charge in [-0.1, -0.05) is 20.8 Å². The number of ether oxygens (including phenoxy) is 1. The van der Waals surface area contributed by atoms with Crippen LogP contribution in [0, 0.1) is 5.92 Å². The average molecular weight is 282 g/mol. The Labute approximate surface area is 117 Å². The molecule has 3 nitrogen and oxygen atoms in total. The lowest BCUT2D eigenvalue weighted by molar-refractivity contribution is 0.0992. The van der Waals surface area contributed by atoms with E-state index in [9.17, 15) is 9.00 Å². The first-order valence-electron chi connectivity index (χ1n) is 6.46. The Kier molecular flexibility index (Phi) is 5.73. The van der Waals surface area contributed by atoms with Gasteiger partial charge >= 0.3 is 0 Å². The van der Waals surface area contributed by atoms with Crippen LogP contribution in [0.25, 0.3) is 0 Å². The summed E-state index contributed by atoms with van der Waals surface area (Å²) in [7, 11) is 0.424. The molecule has 0 N–H and O–H groups in total. The summed E-state index contributed by atoms with van der Waals surface area (Å²) in [5.74, 6) is 0.932. The smallest absolute Gasteiger partial charge is 0.178 e. The van der Waals surface area contributed by atoms with E-state index in [4.69, 9.17) is 4.74 Å². The normalized spacial score (nSPS) is 15.9. The van der Waals surface area contributed by atoms with Crippen LogP contribution in [0.4, 0.5) is 0 Å². The van der Waals surface area contributed by atoms with Crippen molar-refractivity contribution in [3.05, 3.63) is 29.8 Å². The van der Waals surface area contributed by atoms with Crippen LogP contribution in [0.3, 0.4) is 0 Å². The number of benzene rings is 1. The summed E-state index contributed by atoms with van der Waals surface area (Å²) < 4.78 is 17.3. The molecule has 0 fully saturated rings. The average Bonchev–Trinajstić information content (AvgIpc) is 2.44. The standard InChI is InChI=1S/C15H22O3S/c1-10(2)11(3)19(17)12(4)15(16)13-6-8-14(18-5)9-7-13/h6-12H,1-5H3. The first kappa shape index (κ1) is 15.9. The fourth-order valence-corrected chi connectivity index (χ4v) is 3.21. The molecule has 0 aliphatic rings. The number of carbonyl (C=O) groups is 1. The van der Waals surface area contributed by atoms with Crippen molar-refractivity contribution in [2.75, 3.05) is 7.11 Å². The molecule has 0 amide bonds. The minimum atomic E-state index is -1.16. The van der Waals surface area contributed by atoms with Crippen LogP contribution in [-0.2, 0) is 10.8 Å². The van der Waals surface area contributed by atoms with Crippen LogP contribution in [0.2, 0.25) is 0 Å². The Balaban J connectivity index is 2.84. The van der Waals surface area contributed by atoms with E-state index in [-0.39, 0.29) is 11.0 Å². The van der Waals surface area contributed by atoms with E-state index in [2.05, 4.69) is 0 Å². The lowest BCUT2D eigenvalue weighted by Gasteiger charge is -2.19. The van der Waals surface area contributed by atoms with Gasteiger partial charge in [0, 0.05) is 21.6 Å². The summed E-state index contributed by atoms with van der Waals surface area (Å²) in [5.41, 5.74) is 0.581. The number of rotatable bonds is 6. The summed E-state index contributed by atoms with van der Waals surface area (Å²) in [6.45, 7) is 7.71. The molecule has 106 valence electrons.